The van der Waals surface area contributed by atoms with Crippen molar-refractivity contribution in [3.63, 3.8) is 0 Å². The molecule has 0 radical (unpaired) electrons. The quantitative estimate of drug-likeness (QED) is 0.646. The van der Waals surface area contributed by atoms with E-state index < -0.39 is 0 Å². The number of hydrogen-bond donors (Lipinski definition) is 1. The van der Waals surface area contributed by atoms with E-state index in [-0.39, 0.29) is 12.0 Å². The van der Waals surface area contributed by atoms with Gasteiger partial charge in [0.05, 0.1) is 16.3 Å². The fourth-order valence-corrected chi connectivity index (χ4v) is 5.09. The second kappa shape index (κ2) is 7.33. The number of rotatable bonds is 5. The standard InChI is InChI=1S/C17H19N3O2S3/c1-8-6-7-12(23-8)13-11(4)24-17(19-13)20-15(21)14-9(2)18-16(25-14)10(3)22-5/h6-7,10H,1-5H3,(H,19,20,21). The number of anilines is 1. The van der Waals surface area contributed by atoms with Gasteiger partial charge in [-0.15, -0.1) is 34.0 Å². The fourth-order valence-electron chi connectivity index (χ4n) is 2.30. The lowest BCUT2D eigenvalue weighted by Gasteiger charge is -2.03. The van der Waals surface area contributed by atoms with Gasteiger partial charge in [0.2, 0.25) is 0 Å². The van der Waals surface area contributed by atoms with Crippen LogP contribution in [-0.2, 0) is 4.74 Å². The van der Waals surface area contributed by atoms with Crippen molar-refractivity contribution >= 4 is 45.0 Å². The molecule has 0 aliphatic heterocycles. The van der Waals surface area contributed by atoms with Gasteiger partial charge in [0.15, 0.2) is 5.13 Å². The van der Waals surface area contributed by atoms with Crippen LogP contribution in [0.15, 0.2) is 12.1 Å². The number of nitrogens with one attached hydrogen (secondary N) is 1. The fraction of sp³-hybridized carbons (Fsp3) is 0.353. The highest BCUT2D eigenvalue weighted by Gasteiger charge is 2.20. The molecule has 1 atom stereocenters. The minimum Gasteiger partial charge on any atom is -0.375 e. The molecule has 3 aromatic rings. The molecule has 0 saturated carbocycles. The highest BCUT2D eigenvalue weighted by Crippen LogP contribution is 2.35. The Labute approximate surface area is 158 Å². The van der Waals surface area contributed by atoms with Crippen molar-refractivity contribution < 1.29 is 9.53 Å². The lowest BCUT2D eigenvalue weighted by Crippen LogP contribution is -2.11. The number of ether oxygens (including phenoxy) is 1. The molecule has 0 fully saturated rings. The first-order valence-corrected chi connectivity index (χ1v) is 10.2. The summed E-state index contributed by atoms with van der Waals surface area (Å²) in [7, 11) is 1.63. The zero-order chi connectivity index (χ0) is 18.1. The van der Waals surface area contributed by atoms with Crippen molar-refractivity contribution in [1.29, 1.82) is 0 Å². The van der Waals surface area contributed by atoms with Crippen molar-refractivity contribution in [2.75, 3.05) is 12.4 Å². The van der Waals surface area contributed by atoms with Gasteiger partial charge in [0.25, 0.3) is 5.91 Å². The van der Waals surface area contributed by atoms with Gasteiger partial charge in [-0.2, -0.15) is 0 Å². The van der Waals surface area contributed by atoms with Crippen LogP contribution in [0.5, 0.6) is 0 Å². The monoisotopic (exact) mass is 393 g/mol. The molecule has 3 aromatic heterocycles. The summed E-state index contributed by atoms with van der Waals surface area (Å²) >= 11 is 4.55. The second-order valence-electron chi connectivity index (χ2n) is 5.63. The molecule has 1 unspecified atom stereocenters. The Bertz CT molecular complexity index is 910. The highest BCUT2D eigenvalue weighted by atomic mass is 32.1. The Morgan fingerprint density at radius 1 is 1.16 bits per heavy atom. The van der Waals surface area contributed by atoms with E-state index in [0.29, 0.717) is 15.7 Å². The van der Waals surface area contributed by atoms with Gasteiger partial charge >= 0.3 is 0 Å². The van der Waals surface area contributed by atoms with Crippen molar-refractivity contribution in [3.8, 4) is 10.6 Å². The van der Waals surface area contributed by atoms with Crippen molar-refractivity contribution in [2.24, 2.45) is 0 Å². The number of aryl methyl sites for hydroxylation is 3. The van der Waals surface area contributed by atoms with Crippen molar-refractivity contribution in [3.05, 3.63) is 37.5 Å². The first-order valence-electron chi connectivity index (χ1n) is 7.74. The van der Waals surface area contributed by atoms with E-state index in [9.17, 15) is 4.79 Å². The Kier molecular flexibility index (Phi) is 5.33. The molecule has 0 aliphatic rings. The maximum atomic E-state index is 12.6. The molecule has 1 amide bonds. The van der Waals surface area contributed by atoms with Gasteiger partial charge in [-0.3, -0.25) is 10.1 Å². The molecule has 5 nitrogen and oxygen atoms in total. The zero-order valence-corrected chi connectivity index (χ0v) is 17.1. The molecule has 1 N–H and O–H groups in total. The molecule has 25 heavy (non-hydrogen) atoms. The summed E-state index contributed by atoms with van der Waals surface area (Å²) in [5.74, 6) is -0.174. The van der Waals surface area contributed by atoms with Crippen LogP contribution >= 0.6 is 34.0 Å². The average molecular weight is 394 g/mol. The van der Waals surface area contributed by atoms with E-state index >= 15 is 0 Å². The number of methoxy groups -OCH3 is 1. The minimum atomic E-state index is -0.174. The lowest BCUT2D eigenvalue weighted by atomic mass is 10.3. The molecule has 0 aromatic carbocycles. The molecular formula is C17H19N3O2S3. The topological polar surface area (TPSA) is 64.1 Å². The predicted octanol–water partition coefficient (Wildman–Crippen LogP) is 5.21. The number of thiazole rings is 2. The molecule has 0 spiro atoms. The molecule has 0 aliphatic carbocycles. The third kappa shape index (κ3) is 3.82. The van der Waals surface area contributed by atoms with Gasteiger partial charge in [-0.05, 0) is 39.8 Å². The minimum absolute atomic E-state index is 0.124. The van der Waals surface area contributed by atoms with Crippen LogP contribution in [0.1, 0.15) is 43.2 Å². The van der Waals surface area contributed by atoms with Crippen LogP contribution in [0.3, 0.4) is 0 Å². The number of hydrogen-bond acceptors (Lipinski definition) is 7. The van der Waals surface area contributed by atoms with E-state index in [1.54, 1.807) is 18.4 Å². The third-order valence-corrected chi connectivity index (χ3v) is 6.92. The normalized spacial score (nSPS) is 12.4. The van der Waals surface area contributed by atoms with E-state index in [4.69, 9.17) is 4.74 Å². The smallest absolute Gasteiger partial charge is 0.269 e. The van der Waals surface area contributed by atoms with Gasteiger partial charge in [-0.1, -0.05) is 0 Å². The maximum absolute atomic E-state index is 12.6. The number of thiophene rings is 1. The highest BCUT2D eigenvalue weighted by molar-refractivity contribution is 7.18. The van der Waals surface area contributed by atoms with E-state index in [1.807, 2.05) is 20.8 Å². The maximum Gasteiger partial charge on any atom is 0.269 e. The molecule has 132 valence electrons. The molecule has 0 bridgehead atoms. The molecule has 3 rings (SSSR count). The summed E-state index contributed by atoms with van der Waals surface area (Å²) in [6, 6.07) is 4.15. The molecule has 3 heterocycles. The van der Waals surface area contributed by atoms with Crippen molar-refractivity contribution in [1.82, 2.24) is 9.97 Å². The van der Waals surface area contributed by atoms with Crippen LogP contribution in [0.25, 0.3) is 10.6 Å². The first-order chi connectivity index (χ1) is 11.9. The number of carbonyl (C=O) groups is 1. The summed E-state index contributed by atoms with van der Waals surface area (Å²) < 4.78 is 5.28. The van der Waals surface area contributed by atoms with Crippen LogP contribution in [0.4, 0.5) is 5.13 Å². The third-order valence-electron chi connectivity index (χ3n) is 3.71. The first kappa shape index (κ1) is 18.2. The molecular weight excluding hydrogens is 374 g/mol. The van der Waals surface area contributed by atoms with Gasteiger partial charge in [0, 0.05) is 16.9 Å². The van der Waals surface area contributed by atoms with Crippen LogP contribution in [-0.4, -0.2) is 23.0 Å². The SMILES string of the molecule is COC(C)c1nc(C)c(C(=O)Nc2nc(-c3ccc(C)s3)c(C)s2)s1. The number of amides is 1. The van der Waals surface area contributed by atoms with Crippen molar-refractivity contribution in [2.45, 2.75) is 33.8 Å². The van der Waals surface area contributed by atoms with Crippen LogP contribution in [0, 0.1) is 20.8 Å². The molecule has 0 saturated heterocycles. The predicted molar refractivity (Wildman–Crippen MR) is 105 cm³/mol. The van der Waals surface area contributed by atoms with Crippen LogP contribution < -0.4 is 5.32 Å². The number of nitrogens with zero attached hydrogens (tertiary/aromatic N) is 2. The summed E-state index contributed by atoms with van der Waals surface area (Å²) in [5, 5.41) is 4.32. The Balaban J connectivity index is 1.81. The Morgan fingerprint density at radius 3 is 2.56 bits per heavy atom. The second-order valence-corrected chi connectivity index (χ2v) is 9.15. The largest absolute Gasteiger partial charge is 0.375 e. The Morgan fingerprint density at radius 2 is 1.92 bits per heavy atom. The Hall–Kier alpha value is -1.61. The van der Waals surface area contributed by atoms with E-state index in [1.165, 1.54) is 27.6 Å². The average Bonchev–Trinajstić information content (AvgIpc) is 3.25. The summed E-state index contributed by atoms with van der Waals surface area (Å²) in [5.41, 5.74) is 1.65. The molecule has 8 heteroatoms. The zero-order valence-electron chi connectivity index (χ0n) is 14.7. The summed E-state index contributed by atoms with van der Waals surface area (Å²) in [4.78, 5) is 25.7. The van der Waals surface area contributed by atoms with Gasteiger partial charge in [0.1, 0.15) is 16.0 Å². The lowest BCUT2D eigenvalue weighted by molar-refractivity contribution is 0.103. The van der Waals surface area contributed by atoms with E-state index in [0.717, 1.165) is 20.5 Å². The van der Waals surface area contributed by atoms with Gasteiger partial charge in [-0.25, -0.2) is 9.97 Å². The summed E-state index contributed by atoms with van der Waals surface area (Å²) in [6.07, 6.45) is -0.124. The van der Waals surface area contributed by atoms with Crippen LogP contribution in [0.2, 0.25) is 0 Å². The van der Waals surface area contributed by atoms with Gasteiger partial charge < -0.3 is 4.74 Å². The van der Waals surface area contributed by atoms with E-state index in [2.05, 4.69) is 34.3 Å². The number of carbonyl (C=O) groups excluding carboxylic acids is 1. The summed E-state index contributed by atoms with van der Waals surface area (Å²) in [6.45, 7) is 7.85. The number of aromatic nitrogens is 2.